The van der Waals surface area contributed by atoms with Crippen LogP contribution >= 0.6 is 0 Å². The van der Waals surface area contributed by atoms with E-state index < -0.39 is 0 Å². The topological polar surface area (TPSA) is 88.1 Å². The molecule has 0 spiro atoms. The van der Waals surface area contributed by atoms with Gasteiger partial charge in [0.15, 0.2) is 17.3 Å². The van der Waals surface area contributed by atoms with Gasteiger partial charge < -0.3 is 18.6 Å². The molecule has 0 radical (unpaired) electrons. The maximum atomic E-state index is 13.5. The number of fused-ring (bicyclic) bond motifs is 2. The minimum absolute atomic E-state index is 0.00641. The van der Waals surface area contributed by atoms with Crippen LogP contribution < -0.4 is 19.8 Å². The lowest BCUT2D eigenvalue weighted by Gasteiger charge is -2.20. The highest BCUT2D eigenvalue weighted by Crippen LogP contribution is 2.33. The van der Waals surface area contributed by atoms with Crippen molar-refractivity contribution in [3.8, 4) is 28.8 Å². The Kier molecular flexibility index (Phi) is 6.63. The van der Waals surface area contributed by atoms with E-state index in [1.165, 1.54) is 4.68 Å². The summed E-state index contributed by atoms with van der Waals surface area (Å²) in [6.45, 7) is 6.85. The van der Waals surface area contributed by atoms with Crippen molar-refractivity contribution in [2.45, 2.75) is 20.8 Å². The minimum atomic E-state index is -0.314. The molecule has 0 N–H and O–H groups in total. The highest BCUT2D eigenvalue weighted by atomic mass is 16.5. The van der Waals surface area contributed by atoms with Gasteiger partial charge in [0, 0.05) is 0 Å². The molecule has 0 atom stereocenters. The molecule has 3 aromatic carbocycles. The number of methoxy groups -OCH3 is 2. The third-order valence-electron chi connectivity index (χ3n) is 5.89. The number of hydrogen-bond donors (Lipinski definition) is 0. The Morgan fingerprint density at radius 2 is 1.71 bits per heavy atom. The second-order valence-corrected chi connectivity index (χ2v) is 10.1. The Morgan fingerprint density at radius 1 is 0.921 bits per heavy atom. The Morgan fingerprint density at radius 3 is 2.47 bits per heavy atom. The van der Waals surface area contributed by atoms with Gasteiger partial charge in [-0.15, -0.1) is 0 Å². The van der Waals surface area contributed by atoms with Gasteiger partial charge in [-0.2, -0.15) is 9.78 Å². The van der Waals surface area contributed by atoms with Gasteiger partial charge in [-0.25, -0.2) is 4.98 Å². The highest BCUT2D eigenvalue weighted by Gasteiger charge is 2.18. The first-order valence-corrected chi connectivity index (χ1v) is 12.2. The normalized spacial score (nSPS) is 11.9. The fraction of sp³-hybridized carbons (Fsp3) is 0.233. The first-order valence-electron chi connectivity index (χ1n) is 12.2. The molecule has 0 aliphatic heterocycles. The van der Waals surface area contributed by atoms with Crippen LogP contribution in [0.1, 0.15) is 26.3 Å². The molecule has 0 bridgehead atoms. The van der Waals surface area contributed by atoms with Gasteiger partial charge in [0.2, 0.25) is 5.82 Å². The van der Waals surface area contributed by atoms with Crippen LogP contribution in [0.15, 0.2) is 81.0 Å². The third-order valence-corrected chi connectivity index (χ3v) is 5.89. The number of benzene rings is 3. The fourth-order valence-electron chi connectivity index (χ4n) is 4.02. The van der Waals surface area contributed by atoms with Crippen LogP contribution in [0.2, 0.25) is 0 Å². The van der Waals surface area contributed by atoms with E-state index in [0.29, 0.717) is 46.1 Å². The van der Waals surface area contributed by atoms with Crippen LogP contribution in [0, 0.1) is 5.41 Å². The molecule has 0 saturated carbocycles. The van der Waals surface area contributed by atoms with E-state index in [4.69, 9.17) is 23.6 Å². The molecule has 0 amide bonds. The number of aromatic nitrogens is 2. The van der Waals surface area contributed by atoms with Gasteiger partial charge in [-0.05, 0) is 59.5 Å². The van der Waals surface area contributed by atoms with Crippen LogP contribution in [0.3, 0.4) is 0 Å². The van der Waals surface area contributed by atoms with Crippen molar-refractivity contribution < 1.29 is 18.6 Å². The second kappa shape index (κ2) is 10.0. The number of ether oxygens (including phenoxy) is 3. The van der Waals surface area contributed by atoms with E-state index in [-0.39, 0.29) is 16.8 Å². The molecule has 2 heterocycles. The van der Waals surface area contributed by atoms with E-state index in [2.05, 4.69) is 25.9 Å². The summed E-state index contributed by atoms with van der Waals surface area (Å²) in [5, 5.41) is 5.76. The Hall–Kier alpha value is -4.59. The predicted octanol–water partition coefficient (Wildman–Crippen LogP) is 6.13. The van der Waals surface area contributed by atoms with Crippen molar-refractivity contribution in [2.75, 3.05) is 20.8 Å². The smallest absolute Gasteiger partial charge is 0.282 e. The summed E-state index contributed by atoms with van der Waals surface area (Å²) in [5.74, 6) is 2.55. The Balaban J connectivity index is 1.60. The van der Waals surface area contributed by atoms with Crippen LogP contribution in [0.4, 0.5) is 0 Å². The highest BCUT2D eigenvalue weighted by molar-refractivity contribution is 5.88. The van der Waals surface area contributed by atoms with E-state index in [1.54, 1.807) is 44.7 Å². The summed E-state index contributed by atoms with van der Waals surface area (Å²) in [4.78, 5) is 18.3. The number of rotatable bonds is 7. The van der Waals surface area contributed by atoms with Crippen LogP contribution in [-0.4, -0.2) is 36.7 Å². The van der Waals surface area contributed by atoms with E-state index in [9.17, 15) is 4.79 Å². The molecule has 8 heteroatoms. The predicted molar refractivity (Wildman–Crippen MR) is 149 cm³/mol. The molecule has 5 rings (SSSR count). The Bertz CT molecular complexity index is 1710. The fourth-order valence-corrected chi connectivity index (χ4v) is 4.02. The number of para-hydroxylation sites is 1. The zero-order chi connectivity index (χ0) is 26.9. The average Bonchev–Trinajstić information content (AvgIpc) is 3.35. The van der Waals surface area contributed by atoms with Crippen molar-refractivity contribution in [3.05, 3.63) is 82.6 Å². The zero-order valence-electron chi connectivity index (χ0n) is 22.0. The SMILES string of the molecule is COc1cc(C=Nn2c(-c3cc4c(OC)cccc4o3)nc3ccccc3c2=O)ccc1OCC(C)(C)C. The van der Waals surface area contributed by atoms with Crippen molar-refractivity contribution >= 4 is 28.1 Å². The van der Waals surface area contributed by atoms with Crippen molar-refractivity contribution in [2.24, 2.45) is 10.5 Å². The second-order valence-electron chi connectivity index (χ2n) is 10.1. The maximum absolute atomic E-state index is 13.5. The number of nitrogens with zero attached hydrogens (tertiary/aromatic N) is 3. The first-order chi connectivity index (χ1) is 18.3. The maximum Gasteiger partial charge on any atom is 0.282 e. The largest absolute Gasteiger partial charge is 0.496 e. The lowest BCUT2D eigenvalue weighted by atomic mass is 9.99. The first kappa shape index (κ1) is 25.1. The quantitative estimate of drug-likeness (QED) is 0.244. The molecule has 5 aromatic rings. The monoisotopic (exact) mass is 511 g/mol. The number of hydrogen-bond acceptors (Lipinski definition) is 7. The van der Waals surface area contributed by atoms with E-state index >= 15 is 0 Å². The molecule has 0 aliphatic carbocycles. The molecule has 194 valence electrons. The molecule has 2 aromatic heterocycles. The van der Waals surface area contributed by atoms with Crippen molar-refractivity contribution in [1.29, 1.82) is 0 Å². The van der Waals surface area contributed by atoms with Crippen molar-refractivity contribution in [3.63, 3.8) is 0 Å². The molecule has 0 unspecified atom stereocenters. The van der Waals surface area contributed by atoms with Crippen LogP contribution in [0.25, 0.3) is 33.5 Å². The summed E-state index contributed by atoms with van der Waals surface area (Å²) in [5.41, 5.74) is 1.58. The molecular weight excluding hydrogens is 482 g/mol. The van der Waals surface area contributed by atoms with Gasteiger partial charge in [0.05, 0.1) is 43.3 Å². The third kappa shape index (κ3) is 4.98. The zero-order valence-corrected chi connectivity index (χ0v) is 22.0. The van der Waals surface area contributed by atoms with Gasteiger partial charge in [-0.3, -0.25) is 4.79 Å². The average molecular weight is 512 g/mol. The minimum Gasteiger partial charge on any atom is -0.496 e. The van der Waals surface area contributed by atoms with Gasteiger partial charge in [0.25, 0.3) is 5.56 Å². The van der Waals surface area contributed by atoms with Crippen molar-refractivity contribution in [1.82, 2.24) is 9.66 Å². The molecule has 0 saturated heterocycles. The van der Waals surface area contributed by atoms with Crippen LogP contribution in [-0.2, 0) is 0 Å². The summed E-state index contributed by atoms with van der Waals surface area (Å²) < 4.78 is 24.3. The molecular formula is C30H29N3O5. The summed E-state index contributed by atoms with van der Waals surface area (Å²) in [7, 11) is 3.19. The van der Waals surface area contributed by atoms with Gasteiger partial charge >= 0.3 is 0 Å². The van der Waals surface area contributed by atoms with Crippen LogP contribution in [0.5, 0.6) is 17.2 Å². The lowest BCUT2D eigenvalue weighted by Crippen LogP contribution is -2.20. The summed E-state index contributed by atoms with van der Waals surface area (Å²) in [6.07, 6.45) is 1.58. The molecule has 38 heavy (non-hydrogen) atoms. The standard InChI is InChI=1S/C30H29N3O5/c1-30(2,3)18-37-25-14-13-19(15-26(25)36-5)17-31-33-28(32-22-10-7-6-9-20(22)29(33)34)27-16-21-23(35-4)11-8-12-24(21)38-27/h6-17H,18H2,1-5H3. The molecule has 8 nitrogen and oxygen atoms in total. The summed E-state index contributed by atoms with van der Waals surface area (Å²) in [6, 6.07) is 20.0. The van der Waals surface area contributed by atoms with Gasteiger partial charge in [0.1, 0.15) is 11.3 Å². The Labute approximate surface area is 220 Å². The van der Waals surface area contributed by atoms with E-state index in [1.807, 2.05) is 42.5 Å². The van der Waals surface area contributed by atoms with Gasteiger partial charge in [-0.1, -0.05) is 39.0 Å². The summed E-state index contributed by atoms with van der Waals surface area (Å²) >= 11 is 0. The lowest BCUT2D eigenvalue weighted by molar-refractivity contribution is 0.191. The molecule has 0 aliphatic rings. The molecule has 0 fully saturated rings. The number of furan rings is 1. The van der Waals surface area contributed by atoms with E-state index in [0.717, 1.165) is 10.9 Å².